The maximum atomic E-state index is 5.98. The second kappa shape index (κ2) is 4.52. The van der Waals surface area contributed by atoms with Gasteiger partial charge in [-0.2, -0.15) is 0 Å². The molecule has 4 rings (SSSR count). The summed E-state index contributed by atoms with van der Waals surface area (Å²) >= 11 is 0. The molecule has 0 unspecified atom stereocenters. The first-order valence-electron chi connectivity index (χ1n) is 6.60. The van der Waals surface area contributed by atoms with Crippen LogP contribution in [-0.2, 0) is 0 Å². The minimum Gasteiger partial charge on any atom is -0.459 e. The lowest BCUT2D eigenvalue weighted by molar-refractivity contribution is 0.535. The number of hydrogen-bond acceptors (Lipinski definition) is 4. The van der Waals surface area contributed by atoms with Crippen LogP contribution in [0, 0.1) is 0 Å². The molecule has 0 fully saturated rings. The highest BCUT2D eigenvalue weighted by Crippen LogP contribution is 2.34. The largest absolute Gasteiger partial charge is 0.459 e. The molecule has 0 aliphatic rings. The molecule has 0 bridgehead atoms. The third kappa shape index (κ3) is 1.97. The molecule has 2 aromatic carbocycles. The quantitative estimate of drug-likeness (QED) is 0.553. The number of benzene rings is 2. The van der Waals surface area contributed by atoms with Crippen LogP contribution in [0.25, 0.3) is 33.9 Å². The van der Waals surface area contributed by atoms with Crippen LogP contribution in [0.4, 0.5) is 5.69 Å². The van der Waals surface area contributed by atoms with E-state index in [0.29, 0.717) is 22.9 Å². The van der Waals surface area contributed by atoms with Gasteiger partial charge in [0.15, 0.2) is 11.3 Å². The molecule has 4 nitrogen and oxygen atoms in total. The zero-order valence-corrected chi connectivity index (χ0v) is 11.1. The first-order valence-corrected chi connectivity index (χ1v) is 6.60. The van der Waals surface area contributed by atoms with E-state index in [1.165, 1.54) is 0 Å². The summed E-state index contributed by atoms with van der Waals surface area (Å²) in [7, 11) is 0. The Morgan fingerprint density at radius 2 is 1.81 bits per heavy atom. The van der Waals surface area contributed by atoms with Gasteiger partial charge in [0.2, 0.25) is 0 Å². The van der Waals surface area contributed by atoms with Crippen molar-refractivity contribution in [2.75, 3.05) is 5.73 Å². The van der Waals surface area contributed by atoms with Gasteiger partial charge >= 0.3 is 0 Å². The molecule has 0 atom stereocenters. The highest BCUT2D eigenvalue weighted by atomic mass is 16.4. The molecule has 2 N–H and O–H groups in total. The smallest absolute Gasteiger partial charge is 0.263 e. The van der Waals surface area contributed by atoms with E-state index >= 15 is 0 Å². The normalized spacial score (nSPS) is 11.0. The third-order valence-electron chi connectivity index (χ3n) is 3.33. The lowest BCUT2D eigenvalue weighted by atomic mass is 10.0. The van der Waals surface area contributed by atoms with Crippen molar-refractivity contribution in [3.8, 4) is 22.8 Å². The van der Waals surface area contributed by atoms with Crippen LogP contribution >= 0.6 is 0 Å². The van der Waals surface area contributed by atoms with Gasteiger partial charge in [-0.25, -0.2) is 4.98 Å². The molecule has 0 aliphatic heterocycles. The average Bonchev–Trinajstić information content (AvgIpc) is 3.16. The van der Waals surface area contributed by atoms with Gasteiger partial charge < -0.3 is 14.6 Å². The van der Waals surface area contributed by atoms with E-state index in [1.54, 1.807) is 18.4 Å². The van der Waals surface area contributed by atoms with Gasteiger partial charge in [-0.3, -0.25) is 0 Å². The van der Waals surface area contributed by atoms with Crippen molar-refractivity contribution in [1.82, 2.24) is 4.98 Å². The molecule has 0 spiro atoms. The van der Waals surface area contributed by atoms with E-state index in [2.05, 4.69) is 4.98 Å². The Hall–Kier alpha value is -3.01. The van der Waals surface area contributed by atoms with Crippen LogP contribution in [0.2, 0.25) is 0 Å². The fraction of sp³-hybridized carbons (Fsp3) is 0. The zero-order valence-electron chi connectivity index (χ0n) is 11.1. The predicted molar refractivity (Wildman–Crippen MR) is 81.6 cm³/mol. The summed E-state index contributed by atoms with van der Waals surface area (Å²) in [5.74, 6) is 1.06. The Morgan fingerprint density at radius 3 is 2.57 bits per heavy atom. The fourth-order valence-corrected chi connectivity index (χ4v) is 2.39. The Morgan fingerprint density at radius 1 is 0.952 bits per heavy atom. The molecule has 102 valence electrons. The summed E-state index contributed by atoms with van der Waals surface area (Å²) in [6.45, 7) is 0. The van der Waals surface area contributed by atoms with E-state index in [1.807, 2.05) is 42.5 Å². The Kier molecular flexibility index (Phi) is 2.54. The molecule has 4 heteroatoms. The van der Waals surface area contributed by atoms with Gasteiger partial charge in [-0.15, -0.1) is 0 Å². The number of fused-ring (bicyclic) bond motifs is 1. The van der Waals surface area contributed by atoms with Crippen LogP contribution < -0.4 is 5.73 Å². The van der Waals surface area contributed by atoms with Crippen LogP contribution in [0.15, 0.2) is 69.7 Å². The van der Waals surface area contributed by atoms with Gasteiger partial charge in [0.25, 0.3) is 5.89 Å². The summed E-state index contributed by atoms with van der Waals surface area (Å²) in [5.41, 5.74) is 10.0. The van der Waals surface area contributed by atoms with Crippen molar-refractivity contribution in [1.29, 1.82) is 0 Å². The van der Waals surface area contributed by atoms with Crippen molar-refractivity contribution in [3.63, 3.8) is 0 Å². The molecule has 4 aromatic rings. The van der Waals surface area contributed by atoms with E-state index in [-0.39, 0.29) is 0 Å². The number of hydrogen-bond donors (Lipinski definition) is 1. The molecule has 0 aliphatic carbocycles. The van der Waals surface area contributed by atoms with E-state index in [9.17, 15) is 0 Å². The summed E-state index contributed by atoms with van der Waals surface area (Å²) < 4.78 is 11.2. The lowest BCUT2D eigenvalue weighted by Gasteiger charge is -2.03. The number of furan rings is 1. The summed E-state index contributed by atoms with van der Waals surface area (Å²) in [4.78, 5) is 4.46. The minimum atomic E-state index is 0.456. The third-order valence-corrected chi connectivity index (χ3v) is 3.33. The van der Waals surface area contributed by atoms with Crippen molar-refractivity contribution in [3.05, 3.63) is 60.9 Å². The van der Waals surface area contributed by atoms with E-state index < -0.39 is 0 Å². The molecule has 0 radical (unpaired) electrons. The average molecular weight is 276 g/mol. The molecule has 0 saturated heterocycles. The number of nitrogen functional groups attached to an aromatic ring is 1. The monoisotopic (exact) mass is 276 g/mol. The van der Waals surface area contributed by atoms with Crippen LogP contribution in [0.1, 0.15) is 0 Å². The van der Waals surface area contributed by atoms with E-state index in [0.717, 1.165) is 16.6 Å². The number of aromatic nitrogens is 1. The first kappa shape index (κ1) is 11.8. The van der Waals surface area contributed by atoms with Crippen LogP contribution in [-0.4, -0.2) is 4.98 Å². The first-order chi connectivity index (χ1) is 10.3. The zero-order chi connectivity index (χ0) is 14.2. The Balaban J connectivity index is 1.99. The van der Waals surface area contributed by atoms with Crippen molar-refractivity contribution in [2.45, 2.75) is 0 Å². The SMILES string of the molecule is Nc1cc(-c2ccccc2)c2oc(-c3ccco3)nc2c1. The molecule has 0 saturated carbocycles. The van der Waals surface area contributed by atoms with Crippen molar-refractivity contribution in [2.24, 2.45) is 0 Å². The van der Waals surface area contributed by atoms with Gasteiger partial charge in [0.05, 0.1) is 6.26 Å². The van der Waals surface area contributed by atoms with E-state index in [4.69, 9.17) is 14.6 Å². The number of nitrogens with zero attached hydrogens (tertiary/aromatic N) is 1. The molecule has 21 heavy (non-hydrogen) atoms. The van der Waals surface area contributed by atoms with Gasteiger partial charge in [-0.05, 0) is 29.8 Å². The van der Waals surface area contributed by atoms with Crippen molar-refractivity contribution < 1.29 is 8.83 Å². The lowest BCUT2D eigenvalue weighted by Crippen LogP contribution is -1.87. The Bertz CT molecular complexity index is 893. The predicted octanol–water partition coefficient (Wildman–Crippen LogP) is 4.34. The van der Waals surface area contributed by atoms with Gasteiger partial charge in [-0.1, -0.05) is 30.3 Å². The van der Waals surface area contributed by atoms with Gasteiger partial charge in [0, 0.05) is 11.3 Å². The molecule has 2 heterocycles. The molecule has 2 aromatic heterocycles. The summed E-state index contributed by atoms with van der Waals surface area (Å²) in [6, 6.07) is 17.3. The number of oxazole rings is 1. The standard InChI is InChI=1S/C17H12N2O2/c18-12-9-13(11-5-2-1-3-6-11)16-14(10-12)19-17(21-16)15-7-4-8-20-15/h1-10H,18H2. The van der Waals surface area contributed by atoms with Crippen molar-refractivity contribution >= 4 is 16.8 Å². The number of anilines is 1. The number of nitrogens with two attached hydrogens (primary N) is 1. The molecule has 0 amide bonds. The fourth-order valence-electron chi connectivity index (χ4n) is 2.39. The minimum absolute atomic E-state index is 0.456. The highest BCUT2D eigenvalue weighted by molar-refractivity contribution is 5.94. The maximum absolute atomic E-state index is 5.98. The second-order valence-electron chi connectivity index (χ2n) is 4.78. The van der Waals surface area contributed by atoms with Crippen LogP contribution in [0.3, 0.4) is 0 Å². The maximum Gasteiger partial charge on any atom is 0.263 e. The topological polar surface area (TPSA) is 65.2 Å². The Labute approximate surface area is 120 Å². The summed E-state index contributed by atoms with van der Waals surface area (Å²) in [6.07, 6.45) is 1.59. The second-order valence-corrected chi connectivity index (χ2v) is 4.78. The van der Waals surface area contributed by atoms with Crippen LogP contribution in [0.5, 0.6) is 0 Å². The molecular weight excluding hydrogens is 264 g/mol. The number of rotatable bonds is 2. The highest BCUT2D eigenvalue weighted by Gasteiger charge is 2.15. The van der Waals surface area contributed by atoms with Gasteiger partial charge in [0.1, 0.15) is 5.52 Å². The molecular formula is C17H12N2O2. The summed E-state index contributed by atoms with van der Waals surface area (Å²) in [5, 5.41) is 0.